The molecule has 0 fully saturated rings. The molecule has 1 aromatic rings. The molecule has 8 heteroatoms. The Labute approximate surface area is 103 Å². The van der Waals surface area contributed by atoms with Crippen molar-refractivity contribution < 1.29 is 9.59 Å². The van der Waals surface area contributed by atoms with Crippen molar-refractivity contribution in [2.45, 2.75) is 13.3 Å². The van der Waals surface area contributed by atoms with Crippen molar-refractivity contribution in [3.05, 3.63) is 5.01 Å². The van der Waals surface area contributed by atoms with Crippen LogP contribution in [0.1, 0.15) is 23.1 Å². The molecule has 0 radical (unpaired) electrons. The van der Waals surface area contributed by atoms with Gasteiger partial charge in [0, 0.05) is 26.6 Å². The van der Waals surface area contributed by atoms with E-state index in [1.54, 1.807) is 7.05 Å². The summed E-state index contributed by atoms with van der Waals surface area (Å²) in [4.78, 5) is 22.5. The second-order valence-corrected chi connectivity index (χ2v) is 4.10. The van der Waals surface area contributed by atoms with Gasteiger partial charge in [0.15, 0.2) is 0 Å². The third kappa shape index (κ3) is 4.35. The quantitative estimate of drug-likeness (QED) is 0.658. The van der Waals surface area contributed by atoms with E-state index in [0.29, 0.717) is 5.13 Å². The fraction of sp³-hybridized carbons (Fsp3) is 0.556. The van der Waals surface area contributed by atoms with Crippen molar-refractivity contribution in [3.8, 4) is 0 Å². The van der Waals surface area contributed by atoms with Crippen molar-refractivity contribution in [3.63, 3.8) is 0 Å². The molecule has 7 nitrogen and oxygen atoms in total. The third-order valence-electron chi connectivity index (χ3n) is 1.86. The second-order valence-electron chi connectivity index (χ2n) is 3.12. The first kappa shape index (κ1) is 13.4. The summed E-state index contributed by atoms with van der Waals surface area (Å²) in [6.07, 6.45) is 0.251. The molecule has 0 aromatic carbocycles. The molecule has 17 heavy (non-hydrogen) atoms. The number of carbonyl (C=O) groups is 2. The summed E-state index contributed by atoms with van der Waals surface area (Å²) in [6.45, 7) is 2.95. The largest absolute Gasteiger partial charge is 0.360 e. The minimum absolute atomic E-state index is 0.115. The molecule has 0 aliphatic rings. The van der Waals surface area contributed by atoms with Gasteiger partial charge in [0.2, 0.25) is 16.0 Å². The predicted molar refractivity (Wildman–Crippen MR) is 65.1 cm³/mol. The minimum Gasteiger partial charge on any atom is -0.360 e. The van der Waals surface area contributed by atoms with E-state index in [-0.39, 0.29) is 29.8 Å². The van der Waals surface area contributed by atoms with E-state index in [9.17, 15) is 9.59 Å². The summed E-state index contributed by atoms with van der Waals surface area (Å²) in [5.41, 5.74) is 0. The highest BCUT2D eigenvalue weighted by molar-refractivity contribution is 7.17. The molecule has 0 saturated carbocycles. The minimum atomic E-state index is -0.310. The molecule has 1 rings (SSSR count). The van der Waals surface area contributed by atoms with Crippen molar-refractivity contribution in [1.29, 1.82) is 0 Å². The van der Waals surface area contributed by atoms with E-state index in [0.717, 1.165) is 6.54 Å². The summed E-state index contributed by atoms with van der Waals surface area (Å²) in [7, 11) is 1.55. The average molecular weight is 257 g/mol. The molecule has 1 heterocycles. The molecule has 0 spiro atoms. The number of nitrogens with one attached hydrogen (secondary N) is 3. The van der Waals surface area contributed by atoms with Crippen molar-refractivity contribution >= 4 is 28.3 Å². The maximum absolute atomic E-state index is 11.6. The molecule has 2 amide bonds. The van der Waals surface area contributed by atoms with Crippen molar-refractivity contribution in [2.24, 2.45) is 0 Å². The zero-order chi connectivity index (χ0) is 12.7. The Bertz CT molecular complexity index is 392. The van der Waals surface area contributed by atoms with E-state index < -0.39 is 0 Å². The molecule has 1 aromatic heterocycles. The maximum Gasteiger partial charge on any atom is 0.282 e. The monoisotopic (exact) mass is 257 g/mol. The van der Waals surface area contributed by atoms with Crippen LogP contribution in [0.2, 0.25) is 0 Å². The normalized spacial score (nSPS) is 9.76. The maximum atomic E-state index is 11.6. The van der Waals surface area contributed by atoms with Gasteiger partial charge in [-0.15, -0.1) is 10.2 Å². The van der Waals surface area contributed by atoms with Crippen LogP contribution in [0.3, 0.4) is 0 Å². The van der Waals surface area contributed by atoms with Gasteiger partial charge in [0.1, 0.15) is 0 Å². The topological polar surface area (TPSA) is 96.0 Å². The van der Waals surface area contributed by atoms with E-state index in [2.05, 4.69) is 26.1 Å². The van der Waals surface area contributed by atoms with Gasteiger partial charge in [0.05, 0.1) is 0 Å². The lowest BCUT2D eigenvalue weighted by atomic mass is 10.4. The zero-order valence-corrected chi connectivity index (χ0v) is 10.6. The zero-order valence-electron chi connectivity index (χ0n) is 9.74. The van der Waals surface area contributed by atoms with Gasteiger partial charge in [-0.3, -0.25) is 9.59 Å². The number of nitrogens with zero attached hydrogens (tertiary/aromatic N) is 2. The van der Waals surface area contributed by atoms with Crippen LogP contribution in [0, 0.1) is 0 Å². The van der Waals surface area contributed by atoms with Crippen molar-refractivity contribution in [1.82, 2.24) is 20.8 Å². The number of hydrogen-bond acceptors (Lipinski definition) is 6. The highest BCUT2D eigenvalue weighted by Gasteiger charge is 2.12. The number of hydrogen-bond donors (Lipinski definition) is 3. The first-order valence-electron chi connectivity index (χ1n) is 5.23. The van der Waals surface area contributed by atoms with E-state index in [1.165, 1.54) is 11.3 Å². The third-order valence-corrected chi connectivity index (χ3v) is 2.74. The summed E-state index contributed by atoms with van der Waals surface area (Å²) in [6, 6.07) is 0. The number of anilines is 1. The lowest BCUT2D eigenvalue weighted by Crippen LogP contribution is -2.29. The van der Waals surface area contributed by atoms with E-state index in [1.807, 2.05) is 6.92 Å². The van der Waals surface area contributed by atoms with Crippen LogP contribution in [-0.2, 0) is 4.79 Å². The number of carbonyl (C=O) groups excluding carboxylic acids is 2. The molecule has 0 unspecified atom stereocenters. The Hall–Kier alpha value is -1.70. The Morgan fingerprint density at radius 1 is 1.35 bits per heavy atom. The highest BCUT2D eigenvalue weighted by Crippen LogP contribution is 2.14. The Morgan fingerprint density at radius 2 is 2.12 bits per heavy atom. The molecule has 0 saturated heterocycles. The van der Waals surface area contributed by atoms with Crippen molar-refractivity contribution in [2.75, 3.05) is 25.5 Å². The summed E-state index contributed by atoms with van der Waals surface area (Å²) in [5, 5.41) is 16.5. The lowest BCUT2D eigenvalue weighted by molar-refractivity contribution is -0.120. The van der Waals surface area contributed by atoms with Gasteiger partial charge in [0.25, 0.3) is 5.91 Å². The molecule has 0 aliphatic heterocycles. The van der Waals surface area contributed by atoms with Crippen LogP contribution < -0.4 is 16.0 Å². The van der Waals surface area contributed by atoms with Gasteiger partial charge < -0.3 is 16.0 Å². The molecule has 0 aliphatic carbocycles. The SMILES string of the molecule is CCNc1nnc(C(=O)NCCC(=O)NC)s1. The summed E-state index contributed by atoms with van der Waals surface area (Å²) >= 11 is 1.18. The number of aromatic nitrogens is 2. The Balaban J connectivity index is 2.38. The number of amides is 2. The first-order chi connectivity index (χ1) is 8.17. The smallest absolute Gasteiger partial charge is 0.282 e. The molecule has 0 atom stereocenters. The van der Waals surface area contributed by atoms with Crippen LogP contribution in [-0.4, -0.2) is 42.1 Å². The molecular formula is C9H15N5O2S. The van der Waals surface area contributed by atoms with Crippen LogP contribution >= 0.6 is 11.3 Å². The Kier molecular flexibility index (Phi) is 5.34. The van der Waals surface area contributed by atoms with Crippen LogP contribution in [0.4, 0.5) is 5.13 Å². The first-order valence-corrected chi connectivity index (χ1v) is 6.05. The molecule has 94 valence electrons. The van der Waals surface area contributed by atoms with Gasteiger partial charge in [-0.1, -0.05) is 11.3 Å². The summed E-state index contributed by atoms with van der Waals surface area (Å²) in [5.74, 6) is -0.425. The average Bonchev–Trinajstić information content (AvgIpc) is 2.78. The van der Waals surface area contributed by atoms with Gasteiger partial charge in [-0.05, 0) is 6.92 Å². The molecule has 3 N–H and O–H groups in total. The standard InChI is InChI=1S/C9H15N5O2S/c1-3-11-9-14-13-8(17-9)7(16)12-5-4-6(15)10-2/h3-5H2,1-2H3,(H,10,15)(H,11,14)(H,12,16). The van der Waals surface area contributed by atoms with Gasteiger partial charge in [-0.25, -0.2) is 0 Å². The van der Waals surface area contributed by atoms with E-state index >= 15 is 0 Å². The summed E-state index contributed by atoms with van der Waals surface area (Å²) < 4.78 is 0. The molecular weight excluding hydrogens is 242 g/mol. The fourth-order valence-electron chi connectivity index (χ4n) is 1.03. The Morgan fingerprint density at radius 3 is 2.76 bits per heavy atom. The second kappa shape index (κ2) is 6.79. The van der Waals surface area contributed by atoms with Crippen LogP contribution in [0.15, 0.2) is 0 Å². The van der Waals surface area contributed by atoms with Crippen LogP contribution in [0.25, 0.3) is 0 Å². The van der Waals surface area contributed by atoms with Gasteiger partial charge >= 0.3 is 0 Å². The number of rotatable bonds is 6. The predicted octanol–water partition coefficient (Wildman–Crippen LogP) is -0.164. The van der Waals surface area contributed by atoms with Gasteiger partial charge in [-0.2, -0.15) is 0 Å². The van der Waals surface area contributed by atoms with Crippen LogP contribution in [0.5, 0.6) is 0 Å². The highest BCUT2D eigenvalue weighted by atomic mass is 32.1. The molecule has 0 bridgehead atoms. The lowest BCUT2D eigenvalue weighted by Gasteiger charge is -2.01. The fourth-order valence-corrected chi connectivity index (χ4v) is 1.76. The van der Waals surface area contributed by atoms with E-state index in [4.69, 9.17) is 0 Å².